The summed E-state index contributed by atoms with van der Waals surface area (Å²) in [6.45, 7) is 4.77. The molecule has 8 aromatic carbocycles. The van der Waals surface area contributed by atoms with Crippen LogP contribution in [0, 0.1) is 0 Å². The number of hydrogen-bond acceptors (Lipinski definition) is 3. The predicted octanol–water partition coefficient (Wildman–Crippen LogP) is 12.3. The highest BCUT2D eigenvalue weighted by atomic mass is 15.0. The maximum absolute atomic E-state index is 5.08. The first kappa shape index (κ1) is 29.5. The van der Waals surface area contributed by atoms with E-state index in [9.17, 15) is 0 Å². The molecule has 0 saturated carbocycles. The van der Waals surface area contributed by atoms with Crippen molar-refractivity contribution in [1.82, 2.24) is 15.0 Å². The molecule has 0 atom stereocenters. The quantitative estimate of drug-likeness (QED) is 0.178. The smallest absolute Gasteiger partial charge is 0.164 e. The van der Waals surface area contributed by atoms with Gasteiger partial charge < -0.3 is 0 Å². The Kier molecular flexibility index (Phi) is 6.53. The van der Waals surface area contributed by atoms with Crippen LogP contribution in [0.25, 0.3) is 88.7 Å². The topological polar surface area (TPSA) is 38.7 Å². The molecule has 0 aliphatic heterocycles. The minimum absolute atomic E-state index is 0.184. The van der Waals surface area contributed by atoms with E-state index in [0.29, 0.717) is 17.5 Å². The molecule has 1 aromatic heterocycles. The number of fused-ring (bicyclic) bond motifs is 10. The highest BCUT2D eigenvalue weighted by Crippen LogP contribution is 2.54. The maximum atomic E-state index is 5.08. The van der Waals surface area contributed by atoms with Crippen molar-refractivity contribution in [2.24, 2.45) is 0 Å². The third-order valence-corrected chi connectivity index (χ3v) is 10.7. The SMILES string of the molecule is CC1(C)c2ccc(-c3ccccc3-c3nc(-c4ccccc4)nc(-c4ccccc4)n3)cc2-c2ccc3c4ccccc4c4ccccc4c3c21. The van der Waals surface area contributed by atoms with Gasteiger partial charge in [-0.25, -0.2) is 15.0 Å². The summed E-state index contributed by atoms with van der Waals surface area (Å²) in [7, 11) is 0. The van der Waals surface area contributed by atoms with E-state index in [1.165, 1.54) is 54.6 Å². The van der Waals surface area contributed by atoms with E-state index in [1.54, 1.807) is 0 Å². The molecule has 0 radical (unpaired) electrons. The Morgan fingerprint density at radius 2 is 0.843 bits per heavy atom. The second kappa shape index (κ2) is 11.3. The lowest BCUT2D eigenvalue weighted by atomic mass is 9.78. The lowest BCUT2D eigenvalue weighted by molar-refractivity contribution is 0.667. The largest absolute Gasteiger partial charge is 0.208 e. The lowest BCUT2D eigenvalue weighted by Crippen LogP contribution is -2.15. The van der Waals surface area contributed by atoms with Gasteiger partial charge in [-0.2, -0.15) is 0 Å². The molecule has 3 nitrogen and oxygen atoms in total. The van der Waals surface area contributed by atoms with Crippen LogP contribution in [0.2, 0.25) is 0 Å². The normalized spacial score (nSPS) is 13.1. The number of aromatic nitrogens is 3. The van der Waals surface area contributed by atoms with Crippen LogP contribution in [0.4, 0.5) is 0 Å². The fraction of sp³-hybridized carbons (Fsp3) is 0.0625. The van der Waals surface area contributed by atoms with Gasteiger partial charge in [0.1, 0.15) is 0 Å². The van der Waals surface area contributed by atoms with Crippen molar-refractivity contribution in [2.45, 2.75) is 19.3 Å². The summed E-state index contributed by atoms with van der Waals surface area (Å²) >= 11 is 0. The molecular formula is C48H33N3. The van der Waals surface area contributed by atoms with E-state index in [2.05, 4.69) is 141 Å². The van der Waals surface area contributed by atoms with Gasteiger partial charge in [-0.1, -0.05) is 172 Å². The van der Waals surface area contributed by atoms with Crippen LogP contribution in [0.5, 0.6) is 0 Å². The summed E-state index contributed by atoms with van der Waals surface area (Å²) in [5.41, 5.74) is 10.3. The van der Waals surface area contributed by atoms with Crippen LogP contribution in [-0.4, -0.2) is 15.0 Å². The third-order valence-electron chi connectivity index (χ3n) is 10.7. The zero-order valence-corrected chi connectivity index (χ0v) is 28.4. The van der Waals surface area contributed by atoms with Gasteiger partial charge in [0.25, 0.3) is 0 Å². The molecular weight excluding hydrogens is 619 g/mol. The van der Waals surface area contributed by atoms with Gasteiger partial charge in [-0.05, 0) is 71.8 Å². The monoisotopic (exact) mass is 651 g/mol. The Bertz CT molecular complexity index is 2730. The van der Waals surface area contributed by atoms with Crippen molar-refractivity contribution >= 4 is 32.3 Å². The zero-order chi connectivity index (χ0) is 34.1. The third kappa shape index (κ3) is 4.55. The molecule has 0 fully saturated rings. The van der Waals surface area contributed by atoms with Crippen molar-refractivity contribution < 1.29 is 0 Å². The minimum atomic E-state index is -0.184. The fourth-order valence-electron chi connectivity index (χ4n) is 8.34. The second-order valence-corrected chi connectivity index (χ2v) is 14.0. The molecule has 1 aliphatic rings. The van der Waals surface area contributed by atoms with Crippen molar-refractivity contribution in [3.05, 3.63) is 175 Å². The van der Waals surface area contributed by atoms with Gasteiger partial charge in [0.2, 0.25) is 0 Å². The number of hydrogen-bond donors (Lipinski definition) is 0. The lowest BCUT2D eigenvalue weighted by Gasteiger charge is -2.25. The Labute approximate surface area is 297 Å². The molecule has 0 amide bonds. The van der Waals surface area contributed by atoms with E-state index in [4.69, 9.17) is 15.0 Å². The number of rotatable bonds is 4. The first-order chi connectivity index (χ1) is 25.1. The molecule has 10 rings (SSSR count). The van der Waals surface area contributed by atoms with Gasteiger partial charge in [0, 0.05) is 22.1 Å². The molecule has 1 aliphatic carbocycles. The summed E-state index contributed by atoms with van der Waals surface area (Å²) in [4.78, 5) is 15.1. The summed E-state index contributed by atoms with van der Waals surface area (Å²) in [5, 5.41) is 7.89. The van der Waals surface area contributed by atoms with Crippen LogP contribution >= 0.6 is 0 Å². The number of nitrogens with zero attached hydrogens (tertiary/aromatic N) is 3. The van der Waals surface area contributed by atoms with Gasteiger partial charge in [-0.15, -0.1) is 0 Å². The first-order valence-electron chi connectivity index (χ1n) is 17.5. The van der Waals surface area contributed by atoms with Crippen LogP contribution in [0.3, 0.4) is 0 Å². The Morgan fingerprint density at radius 1 is 0.353 bits per heavy atom. The van der Waals surface area contributed by atoms with E-state index in [-0.39, 0.29) is 5.41 Å². The van der Waals surface area contributed by atoms with Crippen molar-refractivity contribution in [1.29, 1.82) is 0 Å². The van der Waals surface area contributed by atoms with Crippen molar-refractivity contribution in [3.63, 3.8) is 0 Å². The van der Waals surface area contributed by atoms with E-state index in [1.807, 2.05) is 36.4 Å². The second-order valence-electron chi connectivity index (χ2n) is 14.0. The van der Waals surface area contributed by atoms with Crippen LogP contribution in [-0.2, 0) is 5.41 Å². The zero-order valence-electron chi connectivity index (χ0n) is 28.4. The summed E-state index contributed by atoms with van der Waals surface area (Å²) < 4.78 is 0. The Hall–Kier alpha value is -6.45. The van der Waals surface area contributed by atoms with Gasteiger partial charge in [0.05, 0.1) is 0 Å². The summed E-state index contributed by atoms with van der Waals surface area (Å²) in [5.74, 6) is 1.97. The Morgan fingerprint density at radius 3 is 1.47 bits per heavy atom. The fourth-order valence-corrected chi connectivity index (χ4v) is 8.34. The molecule has 0 bridgehead atoms. The highest BCUT2D eigenvalue weighted by Gasteiger charge is 2.38. The minimum Gasteiger partial charge on any atom is -0.208 e. The van der Waals surface area contributed by atoms with Crippen molar-refractivity contribution in [3.8, 4) is 56.4 Å². The summed E-state index contributed by atoms with van der Waals surface area (Å²) in [6.07, 6.45) is 0. The Balaban J connectivity index is 1.18. The van der Waals surface area contributed by atoms with Gasteiger partial charge in [0.15, 0.2) is 17.5 Å². The van der Waals surface area contributed by atoms with E-state index >= 15 is 0 Å². The number of benzene rings is 8. The first-order valence-corrected chi connectivity index (χ1v) is 17.5. The van der Waals surface area contributed by atoms with Gasteiger partial charge >= 0.3 is 0 Å². The molecule has 0 N–H and O–H groups in total. The van der Waals surface area contributed by atoms with E-state index in [0.717, 1.165) is 27.8 Å². The standard InChI is InChI=1S/C48H33N3/c1-48(2)42-28-25-32(29-41(42)39-27-26-38-36-22-11-10-20-34(36)35-21-12-13-23-37(35)43(38)44(39)48)33-19-9-14-24-40(33)47-50-45(30-15-5-3-6-16-30)49-46(51-47)31-17-7-4-8-18-31/h3-29H,1-2H3. The average Bonchev–Trinajstić information content (AvgIpc) is 3.43. The molecule has 0 spiro atoms. The van der Waals surface area contributed by atoms with Gasteiger partial charge in [-0.3, -0.25) is 0 Å². The predicted molar refractivity (Wildman–Crippen MR) is 212 cm³/mol. The van der Waals surface area contributed by atoms with Crippen LogP contribution < -0.4 is 0 Å². The molecule has 0 saturated heterocycles. The maximum Gasteiger partial charge on any atom is 0.164 e. The average molecular weight is 652 g/mol. The molecule has 1 heterocycles. The molecule has 3 heteroatoms. The highest BCUT2D eigenvalue weighted by molar-refractivity contribution is 6.27. The van der Waals surface area contributed by atoms with Crippen LogP contribution in [0.1, 0.15) is 25.0 Å². The van der Waals surface area contributed by atoms with Crippen molar-refractivity contribution in [2.75, 3.05) is 0 Å². The van der Waals surface area contributed by atoms with E-state index < -0.39 is 0 Å². The van der Waals surface area contributed by atoms with Crippen LogP contribution in [0.15, 0.2) is 164 Å². The summed E-state index contributed by atoms with van der Waals surface area (Å²) in [6, 6.07) is 58.2. The molecule has 9 aromatic rings. The molecule has 51 heavy (non-hydrogen) atoms. The molecule has 240 valence electrons. The molecule has 0 unspecified atom stereocenters.